The third kappa shape index (κ3) is 5.71. The van der Waals surface area contributed by atoms with E-state index in [1.54, 1.807) is 24.3 Å². The molecule has 1 N–H and O–H groups in total. The molecule has 0 bridgehead atoms. The van der Waals surface area contributed by atoms with Crippen LogP contribution in [0.25, 0.3) is 0 Å². The summed E-state index contributed by atoms with van der Waals surface area (Å²) in [6.07, 6.45) is 3.12. The molecular formula is C13H17ClO3. The Morgan fingerprint density at radius 2 is 1.88 bits per heavy atom. The molecule has 0 radical (unpaired) electrons. The van der Waals surface area contributed by atoms with Crippen molar-refractivity contribution in [1.29, 1.82) is 0 Å². The molecule has 0 aliphatic carbocycles. The van der Waals surface area contributed by atoms with Crippen LogP contribution in [0.4, 0.5) is 0 Å². The first-order valence-corrected chi connectivity index (χ1v) is 6.23. The van der Waals surface area contributed by atoms with Crippen LogP contribution in [-0.2, 0) is 11.3 Å². The molecule has 0 spiro atoms. The highest BCUT2D eigenvalue weighted by molar-refractivity contribution is 6.17. The molecule has 0 aliphatic heterocycles. The molecule has 4 heteroatoms. The van der Waals surface area contributed by atoms with Gasteiger partial charge in [-0.05, 0) is 37.0 Å². The highest BCUT2D eigenvalue weighted by Crippen LogP contribution is 2.06. The number of alkyl halides is 1. The average Bonchev–Trinajstić information content (AvgIpc) is 2.34. The number of ether oxygens (including phenoxy) is 1. The molecule has 0 saturated carbocycles. The number of halogens is 1. The summed E-state index contributed by atoms with van der Waals surface area (Å²) in [5.41, 5.74) is 1.29. The second kappa shape index (κ2) is 8.09. The zero-order valence-electron chi connectivity index (χ0n) is 9.69. The van der Waals surface area contributed by atoms with Crippen molar-refractivity contribution in [3.63, 3.8) is 0 Å². The molecule has 3 nitrogen and oxygen atoms in total. The Labute approximate surface area is 106 Å². The Kier molecular flexibility index (Phi) is 6.67. The monoisotopic (exact) mass is 256 g/mol. The van der Waals surface area contributed by atoms with Crippen LogP contribution < -0.4 is 0 Å². The third-order valence-corrected chi connectivity index (χ3v) is 2.66. The van der Waals surface area contributed by atoms with Gasteiger partial charge in [0.15, 0.2) is 0 Å². The van der Waals surface area contributed by atoms with Crippen molar-refractivity contribution in [1.82, 2.24) is 0 Å². The van der Waals surface area contributed by atoms with Crippen molar-refractivity contribution >= 4 is 17.6 Å². The standard InChI is InChI=1S/C13H17ClO3/c14-8-2-1-3-9-17-10-11-4-6-12(7-5-11)13(15)16/h4-7H,1-3,8-10H2,(H,15,16). The van der Waals surface area contributed by atoms with Gasteiger partial charge in [-0.1, -0.05) is 12.1 Å². The van der Waals surface area contributed by atoms with E-state index in [4.69, 9.17) is 21.4 Å². The van der Waals surface area contributed by atoms with Crippen LogP contribution in [0.5, 0.6) is 0 Å². The number of hydrogen-bond donors (Lipinski definition) is 1. The van der Waals surface area contributed by atoms with E-state index in [1.165, 1.54) is 0 Å². The molecule has 1 aromatic carbocycles. The van der Waals surface area contributed by atoms with E-state index < -0.39 is 5.97 Å². The number of aromatic carboxylic acids is 1. The van der Waals surface area contributed by atoms with Gasteiger partial charge in [-0.15, -0.1) is 11.6 Å². The van der Waals surface area contributed by atoms with E-state index in [0.29, 0.717) is 18.1 Å². The molecule has 94 valence electrons. The fourth-order valence-electron chi connectivity index (χ4n) is 1.41. The summed E-state index contributed by atoms with van der Waals surface area (Å²) in [7, 11) is 0. The Balaban J connectivity index is 2.21. The number of benzene rings is 1. The molecular weight excluding hydrogens is 240 g/mol. The van der Waals surface area contributed by atoms with Gasteiger partial charge in [0.1, 0.15) is 0 Å². The van der Waals surface area contributed by atoms with E-state index in [-0.39, 0.29) is 0 Å². The minimum Gasteiger partial charge on any atom is -0.478 e. The Bertz CT molecular complexity index is 335. The van der Waals surface area contributed by atoms with E-state index in [0.717, 1.165) is 31.4 Å². The fraction of sp³-hybridized carbons (Fsp3) is 0.462. The normalized spacial score (nSPS) is 10.4. The largest absolute Gasteiger partial charge is 0.478 e. The van der Waals surface area contributed by atoms with E-state index in [1.807, 2.05) is 0 Å². The van der Waals surface area contributed by atoms with Gasteiger partial charge in [0.2, 0.25) is 0 Å². The summed E-state index contributed by atoms with van der Waals surface area (Å²) in [4.78, 5) is 10.6. The lowest BCUT2D eigenvalue weighted by Crippen LogP contribution is -1.98. The van der Waals surface area contributed by atoms with Gasteiger partial charge >= 0.3 is 5.97 Å². The number of carbonyl (C=O) groups is 1. The van der Waals surface area contributed by atoms with Crippen LogP contribution in [0, 0.1) is 0 Å². The Hall–Kier alpha value is -1.06. The van der Waals surface area contributed by atoms with Crippen molar-refractivity contribution in [2.24, 2.45) is 0 Å². The predicted octanol–water partition coefficient (Wildman–Crippen LogP) is 3.31. The first-order chi connectivity index (χ1) is 8.24. The van der Waals surface area contributed by atoms with Gasteiger partial charge in [0, 0.05) is 12.5 Å². The quantitative estimate of drug-likeness (QED) is 0.573. The van der Waals surface area contributed by atoms with Crippen LogP contribution >= 0.6 is 11.6 Å². The first-order valence-electron chi connectivity index (χ1n) is 5.70. The lowest BCUT2D eigenvalue weighted by molar-refractivity contribution is 0.0696. The van der Waals surface area contributed by atoms with Crippen LogP contribution in [0.3, 0.4) is 0 Å². The molecule has 0 fully saturated rings. The Morgan fingerprint density at radius 3 is 2.47 bits per heavy atom. The number of hydrogen-bond acceptors (Lipinski definition) is 2. The van der Waals surface area contributed by atoms with Gasteiger partial charge in [-0.2, -0.15) is 0 Å². The molecule has 0 aromatic heterocycles. The van der Waals surface area contributed by atoms with Gasteiger partial charge in [0.25, 0.3) is 0 Å². The molecule has 0 unspecified atom stereocenters. The second-order valence-electron chi connectivity index (χ2n) is 3.80. The number of carboxylic acids is 1. The van der Waals surface area contributed by atoms with Gasteiger partial charge in [-0.25, -0.2) is 4.79 Å². The smallest absolute Gasteiger partial charge is 0.335 e. The minimum atomic E-state index is -0.904. The first kappa shape index (κ1) is 14.0. The van der Waals surface area contributed by atoms with Crippen LogP contribution in [0.2, 0.25) is 0 Å². The summed E-state index contributed by atoms with van der Waals surface area (Å²) in [5, 5.41) is 8.73. The molecule has 0 amide bonds. The SMILES string of the molecule is O=C(O)c1ccc(COCCCCCCl)cc1. The topological polar surface area (TPSA) is 46.5 Å². The molecule has 0 saturated heterocycles. The summed E-state index contributed by atoms with van der Waals surface area (Å²) < 4.78 is 5.48. The van der Waals surface area contributed by atoms with E-state index >= 15 is 0 Å². The fourth-order valence-corrected chi connectivity index (χ4v) is 1.60. The molecule has 0 aliphatic rings. The molecule has 1 aromatic rings. The van der Waals surface area contributed by atoms with Gasteiger partial charge in [-0.3, -0.25) is 0 Å². The lowest BCUT2D eigenvalue weighted by Gasteiger charge is -2.04. The van der Waals surface area contributed by atoms with Gasteiger partial charge < -0.3 is 9.84 Å². The maximum atomic E-state index is 10.6. The highest BCUT2D eigenvalue weighted by atomic mass is 35.5. The molecule has 1 rings (SSSR count). The summed E-state index contributed by atoms with van der Waals surface area (Å²) in [6, 6.07) is 6.74. The van der Waals surface area contributed by atoms with Crippen molar-refractivity contribution in [2.75, 3.05) is 12.5 Å². The van der Waals surface area contributed by atoms with Crippen LogP contribution in [0.15, 0.2) is 24.3 Å². The maximum absolute atomic E-state index is 10.6. The van der Waals surface area contributed by atoms with Crippen molar-refractivity contribution in [2.45, 2.75) is 25.9 Å². The molecule has 0 atom stereocenters. The third-order valence-electron chi connectivity index (χ3n) is 2.39. The minimum absolute atomic E-state index is 0.302. The number of unbranched alkanes of at least 4 members (excludes halogenated alkanes) is 2. The van der Waals surface area contributed by atoms with Crippen LogP contribution in [0.1, 0.15) is 35.2 Å². The molecule has 0 heterocycles. The second-order valence-corrected chi connectivity index (χ2v) is 4.18. The zero-order chi connectivity index (χ0) is 12.5. The summed E-state index contributed by atoms with van der Waals surface area (Å²) in [5.74, 6) is -0.199. The highest BCUT2D eigenvalue weighted by Gasteiger charge is 2.01. The maximum Gasteiger partial charge on any atom is 0.335 e. The zero-order valence-corrected chi connectivity index (χ0v) is 10.4. The number of rotatable bonds is 8. The average molecular weight is 257 g/mol. The van der Waals surface area contributed by atoms with Crippen molar-refractivity contribution in [3.8, 4) is 0 Å². The Morgan fingerprint density at radius 1 is 1.18 bits per heavy atom. The molecule has 17 heavy (non-hydrogen) atoms. The van der Waals surface area contributed by atoms with Crippen molar-refractivity contribution < 1.29 is 14.6 Å². The van der Waals surface area contributed by atoms with E-state index in [2.05, 4.69) is 0 Å². The summed E-state index contributed by atoms with van der Waals surface area (Å²) >= 11 is 5.56. The summed E-state index contributed by atoms with van der Waals surface area (Å²) in [6.45, 7) is 1.25. The lowest BCUT2D eigenvalue weighted by atomic mass is 10.1. The predicted molar refractivity (Wildman–Crippen MR) is 67.6 cm³/mol. The number of carboxylic acid groups (broad SMARTS) is 1. The van der Waals surface area contributed by atoms with E-state index in [9.17, 15) is 4.79 Å². The van der Waals surface area contributed by atoms with Crippen LogP contribution in [-0.4, -0.2) is 23.6 Å². The van der Waals surface area contributed by atoms with Gasteiger partial charge in [0.05, 0.1) is 12.2 Å². The van der Waals surface area contributed by atoms with Crippen molar-refractivity contribution in [3.05, 3.63) is 35.4 Å².